The van der Waals surface area contributed by atoms with Crippen LogP contribution in [0.5, 0.6) is 0 Å². The number of likely N-dealkylation sites (N-methyl/N-ethyl adjacent to an activating group) is 1. The Morgan fingerprint density at radius 3 is 2.29 bits per heavy atom. The minimum Gasteiger partial charge on any atom is -0.368 e. The number of nitrogens with two attached hydrogens (primary N) is 1. The number of hydrogen-bond donors (Lipinski definition) is 2. The van der Waals surface area contributed by atoms with Crippen molar-refractivity contribution in [3.8, 4) is 0 Å². The van der Waals surface area contributed by atoms with E-state index in [1.165, 1.54) is 24.6 Å². The fraction of sp³-hybridized carbons (Fsp3) is 0.593. The predicted octanol–water partition coefficient (Wildman–Crippen LogP) is 5.73. The summed E-state index contributed by atoms with van der Waals surface area (Å²) in [6.45, 7) is 16.2. The van der Waals surface area contributed by atoms with Gasteiger partial charge >= 0.3 is 0 Å². The van der Waals surface area contributed by atoms with E-state index in [-0.39, 0.29) is 17.8 Å². The van der Waals surface area contributed by atoms with E-state index in [4.69, 9.17) is 17.3 Å². The maximum atomic E-state index is 14.2. The second kappa shape index (κ2) is 16.4. The summed E-state index contributed by atoms with van der Waals surface area (Å²) in [5.41, 5.74) is 7.27. The van der Waals surface area contributed by atoms with Crippen LogP contribution in [0, 0.1) is 11.2 Å². The molecule has 0 fully saturated rings. The Bertz CT molecular complexity index is 886. The number of benzene rings is 1. The van der Waals surface area contributed by atoms with Crippen LogP contribution in [0.1, 0.15) is 79.7 Å². The number of halogens is 2. The SMILES string of the molecule is CC(C)(C)C.CCC.CCCCN(C)CC1=C(C(=O)NCC(N)=O)N=C(c2cc(Cl)ccc2F)C1. The smallest absolute Gasteiger partial charge is 0.270 e. The highest BCUT2D eigenvalue weighted by molar-refractivity contribution is 6.31. The number of amides is 2. The molecule has 2 amide bonds. The molecule has 0 aromatic heterocycles. The molecule has 198 valence electrons. The highest BCUT2D eigenvalue weighted by atomic mass is 35.5. The molecule has 0 radical (unpaired) electrons. The van der Waals surface area contributed by atoms with E-state index in [1.807, 2.05) is 7.05 Å². The van der Waals surface area contributed by atoms with E-state index in [0.717, 1.165) is 25.0 Å². The van der Waals surface area contributed by atoms with Crippen LogP contribution in [0.15, 0.2) is 34.5 Å². The van der Waals surface area contributed by atoms with E-state index in [9.17, 15) is 14.0 Å². The van der Waals surface area contributed by atoms with Crippen molar-refractivity contribution in [2.24, 2.45) is 16.1 Å². The third kappa shape index (κ3) is 14.7. The number of aliphatic imine (C=N–C) groups is 1. The van der Waals surface area contributed by atoms with Gasteiger partial charge in [-0.15, -0.1) is 0 Å². The summed E-state index contributed by atoms with van der Waals surface area (Å²) in [5.74, 6) is -1.59. The molecule has 1 heterocycles. The van der Waals surface area contributed by atoms with E-state index >= 15 is 0 Å². The molecule has 1 aliphatic rings. The van der Waals surface area contributed by atoms with Gasteiger partial charge in [-0.1, -0.05) is 72.9 Å². The van der Waals surface area contributed by atoms with Gasteiger partial charge in [-0.05, 0) is 49.2 Å². The highest BCUT2D eigenvalue weighted by Crippen LogP contribution is 2.27. The van der Waals surface area contributed by atoms with Crippen molar-refractivity contribution in [1.29, 1.82) is 0 Å². The van der Waals surface area contributed by atoms with Crippen molar-refractivity contribution in [3.63, 3.8) is 0 Å². The van der Waals surface area contributed by atoms with Gasteiger partial charge in [0.25, 0.3) is 5.91 Å². The molecular weight excluding hydrogens is 467 g/mol. The summed E-state index contributed by atoms with van der Waals surface area (Å²) < 4.78 is 14.2. The fourth-order valence-electron chi connectivity index (χ4n) is 2.84. The zero-order chi connectivity index (χ0) is 27.2. The van der Waals surface area contributed by atoms with Crippen LogP contribution >= 0.6 is 11.6 Å². The van der Waals surface area contributed by atoms with Crippen LogP contribution in [0.4, 0.5) is 4.39 Å². The van der Waals surface area contributed by atoms with Crippen molar-refractivity contribution in [3.05, 3.63) is 45.9 Å². The van der Waals surface area contributed by atoms with E-state index in [2.05, 4.69) is 63.7 Å². The number of hydrogen-bond acceptors (Lipinski definition) is 4. The predicted molar refractivity (Wildman–Crippen MR) is 145 cm³/mol. The Balaban J connectivity index is 0.00000126. The minimum atomic E-state index is -0.645. The maximum Gasteiger partial charge on any atom is 0.270 e. The Hall–Kier alpha value is -2.25. The molecule has 1 aliphatic heterocycles. The van der Waals surface area contributed by atoms with Gasteiger partial charge < -0.3 is 16.0 Å². The molecule has 2 rings (SSSR count). The van der Waals surface area contributed by atoms with Crippen LogP contribution in [-0.2, 0) is 9.59 Å². The van der Waals surface area contributed by atoms with Crippen molar-refractivity contribution < 1.29 is 14.0 Å². The molecule has 1 aromatic carbocycles. The first-order valence-corrected chi connectivity index (χ1v) is 12.6. The number of nitrogens with zero attached hydrogens (tertiary/aromatic N) is 2. The standard InChI is InChI=1S/C19H24ClFN4O2.C5H12.C3H8/c1-3-4-7-25(2)11-12-8-16(14-9-13(20)5-6-15(14)21)24-18(12)19(27)23-10-17(22)26;1-5(2,3)4;1-3-2/h5-6,9H,3-4,7-8,10-11H2,1-2H3,(H2,22,26)(H,23,27);1-4H3;3H2,1-2H3. The monoisotopic (exact) mass is 510 g/mol. The number of unbranched alkanes of at least 4 members (excludes halogenated alkanes) is 1. The molecule has 0 atom stereocenters. The van der Waals surface area contributed by atoms with Gasteiger partial charge in [0.15, 0.2) is 0 Å². The van der Waals surface area contributed by atoms with Crippen molar-refractivity contribution in [1.82, 2.24) is 10.2 Å². The summed E-state index contributed by atoms with van der Waals surface area (Å²) in [6.07, 6.45) is 3.68. The lowest BCUT2D eigenvalue weighted by Crippen LogP contribution is -2.34. The average molecular weight is 511 g/mol. The lowest BCUT2D eigenvalue weighted by Gasteiger charge is -2.17. The first-order valence-electron chi connectivity index (χ1n) is 12.2. The molecule has 0 saturated heterocycles. The lowest BCUT2D eigenvalue weighted by molar-refractivity contribution is -0.122. The Morgan fingerprint density at radius 1 is 1.20 bits per heavy atom. The second-order valence-electron chi connectivity index (χ2n) is 10.3. The quantitative estimate of drug-likeness (QED) is 0.444. The minimum absolute atomic E-state index is 0.203. The first kappa shape index (κ1) is 32.8. The molecule has 0 spiro atoms. The van der Waals surface area contributed by atoms with Gasteiger partial charge in [0, 0.05) is 23.6 Å². The van der Waals surface area contributed by atoms with Gasteiger partial charge in [-0.25, -0.2) is 9.38 Å². The van der Waals surface area contributed by atoms with Crippen LogP contribution in [0.3, 0.4) is 0 Å². The van der Waals surface area contributed by atoms with Gasteiger partial charge in [-0.2, -0.15) is 0 Å². The van der Waals surface area contributed by atoms with Crippen LogP contribution in [-0.4, -0.2) is 49.1 Å². The molecule has 3 N–H and O–H groups in total. The zero-order valence-electron chi connectivity index (χ0n) is 22.7. The van der Waals surface area contributed by atoms with Crippen LogP contribution in [0.2, 0.25) is 5.02 Å². The Morgan fingerprint density at radius 2 is 1.77 bits per heavy atom. The molecule has 35 heavy (non-hydrogen) atoms. The second-order valence-corrected chi connectivity index (χ2v) is 10.7. The van der Waals surface area contributed by atoms with Crippen molar-refractivity contribution in [2.75, 3.05) is 26.7 Å². The third-order valence-electron chi connectivity index (χ3n) is 4.19. The molecule has 0 unspecified atom stereocenters. The van der Waals surface area contributed by atoms with Gasteiger partial charge in [0.2, 0.25) is 5.91 Å². The lowest BCUT2D eigenvalue weighted by atomic mass is 10.0. The van der Waals surface area contributed by atoms with Crippen LogP contribution < -0.4 is 11.1 Å². The molecular formula is C27H44ClFN4O2. The van der Waals surface area contributed by atoms with Crippen molar-refractivity contribution >= 4 is 29.1 Å². The summed E-state index contributed by atoms with van der Waals surface area (Å²) in [5, 5.41) is 2.84. The van der Waals surface area contributed by atoms with E-state index in [0.29, 0.717) is 29.1 Å². The summed E-state index contributed by atoms with van der Waals surface area (Å²) in [6, 6.07) is 4.24. The molecule has 0 saturated carbocycles. The van der Waals surface area contributed by atoms with E-state index in [1.54, 1.807) is 0 Å². The summed E-state index contributed by atoms with van der Waals surface area (Å²) in [7, 11) is 1.96. The molecule has 1 aromatic rings. The first-order chi connectivity index (χ1) is 16.2. The number of carbonyl (C=O) groups is 2. The fourth-order valence-corrected chi connectivity index (χ4v) is 3.01. The van der Waals surface area contributed by atoms with E-state index < -0.39 is 17.6 Å². The largest absolute Gasteiger partial charge is 0.368 e. The molecule has 6 nitrogen and oxygen atoms in total. The Labute approximate surface area is 216 Å². The van der Waals surface area contributed by atoms with Gasteiger partial charge in [0.1, 0.15) is 11.5 Å². The Kier molecular flexibility index (Phi) is 15.4. The maximum absolute atomic E-state index is 14.2. The van der Waals surface area contributed by atoms with Gasteiger partial charge in [-0.3, -0.25) is 9.59 Å². The average Bonchev–Trinajstić information content (AvgIpc) is 3.15. The van der Waals surface area contributed by atoms with Gasteiger partial charge in [0.05, 0.1) is 12.3 Å². The highest BCUT2D eigenvalue weighted by Gasteiger charge is 2.26. The number of nitrogens with one attached hydrogen (secondary N) is 1. The molecule has 0 aliphatic carbocycles. The summed E-state index contributed by atoms with van der Waals surface area (Å²) in [4.78, 5) is 29.9. The topological polar surface area (TPSA) is 87.8 Å². The summed E-state index contributed by atoms with van der Waals surface area (Å²) >= 11 is 5.98. The molecule has 0 bridgehead atoms. The normalized spacial score (nSPS) is 12.9. The number of primary amides is 1. The third-order valence-corrected chi connectivity index (χ3v) is 4.43. The molecule has 8 heteroatoms. The number of rotatable bonds is 9. The number of carbonyl (C=O) groups excluding carboxylic acids is 2. The van der Waals surface area contributed by atoms with Crippen LogP contribution in [0.25, 0.3) is 0 Å². The van der Waals surface area contributed by atoms with Crippen molar-refractivity contribution in [2.45, 2.75) is 74.1 Å². The zero-order valence-corrected chi connectivity index (χ0v) is 23.5.